The number of nitrogens with zero attached hydrogens (tertiary/aromatic N) is 1. The average molecular weight is 263 g/mol. The van der Waals surface area contributed by atoms with E-state index >= 15 is 0 Å². The molecular formula is C14H17NO2S. The zero-order chi connectivity index (χ0) is 12.5. The number of carbonyl (C=O) groups is 1. The van der Waals surface area contributed by atoms with Gasteiger partial charge in [-0.25, -0.2) is 0 Å². The van der Waals surface area contributed by atoms with Crippen LogP contribution in [0.5, 0.6) is 0 Å². The van der Waals surface area contributed by atoms with Crippen molar-refractivity contribution in [1.82, 2.24) is 4.90 Å². The molecule has 1 saturated heterocycles. The number of aliphatic hydroxyl groups excluding tert-OH is 1. The highest BCUT2D eigenvalue weighted by molar-refractivity contribution is 8.01. The first kappa shape index (κ1) is 12.1. The Kier molecular flexibility index (Phi) is 3.31. The largest absolute Gasteiger partial charge is 0.391 e. The zero-order valence-corrected chi connectivity index (χ0v) is 11.0. The van der Waals surface area contributed by atoms with Crippen LogP contribution in [0.3, 0.4) is 0 Å². The van der Waals surface area contributed by atoms with Gasteiger partial charge in [0.15, 0.2) is 0 Å². The molecule has 3 nitrogen and oxygen atoms in total. The monoisotopic (exact) mass is 263 g/mol. The van der Waals surface area contributed by atoms with Gasteiger partial charge in [-0.2, -0.15) is 0 Å². The highest BCUT2D eigenvalue weighted by atomic mass is 32.2. The molecular weight excluding hydrogens is 246 g/mol. The number of piperidine rings is 1. The van der Waals surface area contributed by atoms with Crippen LogP contribution >= 0.6 is 11.8 Å². The van der Waals surface area contributed by atoms with E-state index in [0.717, 1.165) is 25.8 Å². The summed E-state index contributed by atoms with van der Waals surface area (Å²) in [6.45, 7) is 1.30. The molecule has 4 heteroatoms. The quantitative estimate of drug-likeness (QED) is 0.838. The van der Waals surface area contributed by atoms with Crippen molar-refractivity contribution < 1.29 is 9.90 Å². The maximum atomic E-state index is 12.4. The Bertz CT molecular complexity index is 438. The van der Waals surface area contributed by atoms with E-state index < -0.39 is 0 Å². The molecule has 1 amide bonds. The van der Waals surface area contributed by atoms with Gasteiger partial charge in [0.05, 0.1) is 11.4 Å². The van der Waals surface area contributed by atoms with Crippen molar-refractivity contribution >= 4 is 17.7 Å². The van der Waals surface area contributed by atoms with Gasteiger partial charge in [-0.1, -0.05) is 18.2 Å². The molecule has 0 spiro atoms. The molecule has 1 aromatic rings. The summed E-state index contributed by atoms with van der Waals surface area (Å²) in [7, 11) is 0. The standard InChI is InChI=1S/C14H17NO2S/c16-11-5-3-7-15(9-11)14(17)13-8-10-4-1-2-6-12(10)18-13/h1-2,4,6,11,13,16H,3,5,7-9H2/t11-,13?/m0/s1. The molecule has 1 aromatic carbocycles. The molecule has 1 fully saturated rings. The fourth-order valence-corrected chi connectivity index (χ4v) is 3.96. The van der Waals surface area contributed by atoms with Gasteiger partial charge in [-0.15, -0.1) is 11.8 Å². The van der Waals surface area contributed by atoms with E-state index in [1.807, 2.05) is 17.0 Å². The van der Waals surface area contributed by atoms with Crippen LogP contribution < -0.4 is 0 Å². The van der Waals surface area contributed by atoms with Crippen molar-refractivity contribution in [1.29, 1.82) is 0 Å². The highest BCUT2D eigenvalue weighted by Crippen LogP contribution is 2.37. The summed E-state index contributed by atoms with van der Waals surface area (Å²) >= 11 is 1.67. The highest BCUT2D eigenvalue weighted by Gasteiger charge is 2.33. The fraction of sp³-hybridized carbons (Fsp3) is 0.500. The minimum atomic E-state index is -0.337. The van der Waals surface area contributed by atoms with E-state index in [4.69, 9.17) is 0 Å². The molecule has 0 saturated carbocycles. The smallest absolute Gasteiger partial charge is 0.236 e. The second kappa shape index (κ2) is 4.94. The van der Waals surface area contributed by atoms with Gasteiger partial charge in [0, 0.05) is 18.0 Å². The average Bonchev–Trinajstić information content (AvgIpc) is 2.81. The molecule has 96 valence electrons. The number of β-amino-alcohol motifs (C(OH)–C–C–N with tert-alkyl or cyclic N) is 1. The van der Waals surface area contributed by atoms with Crippen LogP contribution in [0.1, 0.15) is 18.4 Å². The Morgan fingerprint density at radius 3 is 3.00 bits per heavy atom. The van der Waals surface area contributed by atoms with Crippen molar-refractivity contribution in [2.24, 2.45) is 0 Å². The molecule has 2 aliphatic rings. The molecule has 1 N–H and O–H groups in total. The third-order valence-electron chi connectivity index (χ3n) is 3.63. The van der Waals surface area contributed by atoms with Gasteiger partial charge in [0.25, 0.3) is 0 Å². The van der Waals surface area contributed by atoms with Crippen LogP contribution in [-0.2, 0) is 11.2 Å². The molecule has 18 heavy (non-hydrogen) atoms. The van der Waals surface area contributed by atoms with Gasteiger partial charge >= 0.3 is 0 Å². The summed E-state index contributed by atoms with van der Waals surface area (Å²) in [4.78, 5) is 15.5. The minimum Gasteiger partial charge on any atom is -0.391 e. The van der Waals surface area contributed by atoms with E-state index in [9.17, 15) is 9.90 Å². The van der Waals surface area contributed by atoms with Crippen LogP contribution in [0.25, 0.3) is 0 Å². The van der Waals surface area contributed by atoms with Crippen LogP contribution in [0.15, 0.2) is 29.2 Å². The Labute approximate surface area is 111 Å². The predicted octanol–water partition coefficient (Wildman–Crippen LogP) is 1.69. The lowest BCUT2D eigenvalue weighted by molar-refractivity contribution is -0.133. The summed E-state index contributed by atoms with van der Waals surface area (Å²) < 4.78 is 0. The summed E-state index contributed by atoms with van der Waals surface area (Å²) in [5.41, 5.74) is 1.28. The van der Waals surface area contributed by atoms with Crippen molar-refractivity contribution in [2.45, 2.75) is 35.5 Å². The summed E-state index contributed by atoms with van der Waals surface area (Å²) in [6, 6.07) is 8.22. The van der Waals surface area contributed by atoms with Crippen molar-refractivity contribution in [2.75, 3.05) is 13.1 Å². The lowest BCUT2D eigenvalue weighted by atomic mass is 10.1. The first-order valence-electron chi connectivity index (χ1n) is 6.45. The fourth-order valence-electron chi connectivity index (χ4n) is 2.68. The number of carbonyl (C=O) groups excluding carboxylic acids is 1. The van der Waals surface area contributed by atoms with E-state index in [0.29, 0.717) is 6.54 Å². The number of aliphatic hydroxyl groups is 1. The topological polar surface area (TPSA) is 40.5 Å². The molecule has 0 bridgehead atoms. The van der Waals surface area contributed by atoms with E-state index in [1.165, 1.54) is 10.5 Å². The molecule has 0 aliphatic carbocycles. The number of likely N-dealkylation sites (tertiary alicyclic amines) is 1. The Morgan fingerprint density at radius 1 is 1.39 bits per heavy atom. The van der Waals surface area contributed by atoms with Crippen LogP contribution in [0, 0.1) is 0 Å². The normalized spacial score (nSPS) is 27.1. The predicted molar refractivity (Wildman–Crippen MR) is 71.6 cm³/mol. The summed E-state index contributed by atoms with van der Waals surface area (Å²) in [5, 5.41) is 9.65. The molecule has 0 radical (unpaired) electrons. The van der Waals surface area contributed by atoms with E-state index in [-0.39, 0.29) is 17.3 Å². The van der Waals surface area contributed by atoms with Crippen molar-refractivity contribution in [3.63, 3.8) is 0 Å². The third-order valence-corrected chi connectivity index (χ3v) is 4.94. The van der Waals surface area contributed by atoms with Gasteiger partial charge in [0.2, 0.25) is 5.91 Å². The van der Waals surface area contributed by atoms with Crippen LogP contribution in [0.2, 0.25) is 0 Å². The van der Waals surface area contributed by atoms with Gasteiger partial charge < -0.3 is 10.0 Å². The minimum absolute atomic E-state index is 0.00713. The summed E-state index contributed by atoms with van der Waals surface area (Å²) in [5.74, 6) is 0.190. The molecule has 1 unspecified atom stereocenters. The third kappa shape index (κ3) is 2.27. The van der Waals surface area contributed by atoms with E-state index in [2.05, 4.69) is 12.1 Å². The van der Waals surface area contributed by atoms with Gasteiger partial charge in [-0.3, -0.25) is 4.79 Å². The molecule has 0 aromatic heterocycles. The lowest BCUT2D eigenvalue weighted by Crippen LogP contribution is -2.45. The molecule has 2 atom stereocenters. The van der Waals surface area contributed by atoms with Crippen molar-refractivity contribution in [3.05, 3.63) is 29.8 Å². The zero-order valence-electron chi connectivity index (χ0n) is 10.2. The number of amides is 1. The number of benzene rings is 1. The van der Waals surface area contributed by atoms with Gasteiger partial charge in [0.1, 0.15) is 0 Å². The van der Waals surface area contributed by atoms with Gasteiger partial charge in [-0.05, 0) is 30.9 Å². The van der Waals surface area contributed by atoms with E-state index in [1.54, 1.807) is 11.8 Å². The Hall–Kier alpha value is -1.00. The maximum Gasteiger partial charge on any atom is 0.236 e. The molecule has 2 heterocycles. The number of thioether (sulfide) groups is 1. The molecule has 2 aliphatic heterocycles. The number of hydrogen-bond donors (Lipinski definition) is 1. The lowest BCUT2D eigenvalue weighted by Gasteiger charge is -2.31. The second-order valence-corrected chi connectivity index (χ2v) is 6.24. The number of hydrogen-bond acceptors (Lipinski definition) is 3. The summed E-state index contributed by atoms with van der Waals surface area (Å²) in [6.07, 6.45) is 2.22. The Morgan fingerprint density at radius 2 is 2.22 bits per heavy atom. The first-order valence-corrected chi connectivity index (χ1v) is 7.33. The SMILES string of the molecule is O=C(C1Cc2ccccc2S1)N1CCC[C@H](O)C1. The van der Waals surface area contributed by atoms with Crippen molar-refractivity contribution in [3.8, 4) is 0 Å². The molecule has 3 rings (SSSR count). The number of rotatable bonds is 1. The number of fused-ring (bicyclic) bond motifs is 1. The Balaban J connectivity index is 1.68. The first-order chi connectivity index (χ1) is 8.74. The van der Waals surface area contributed by atoms with Crippen LogP contribution in [0.4, 0.5) is 0 Å². The maximum absolute atomic E-state index is 12.4. The van der Waals surface area contributed by atoms with Crippen LogP contribution in [-0.4, -0.2) is 40.4 Å². The second-order valence-electron chi connectivity index (χ2n) is 5.00.